The zero-order valence-corrected chi connectivity index (χ0v) is 15.2. The molecule has 1 heterocycles. The summed E-state index contributed by atoms with van der Waals surface area (Å²) in [6, 6.07) is 10.2. The van der Waals surface area contributed by atoms with Gasteiger partial charge in [0.2, 0.25) is 5.76 Å². The van der Waals surface area contributed by atoms with Crippen LogP contribution in [0.4, 0.5) is 32.0 Å². The van der Waals surface area contributed by atoms with Crippen molar-refractivity contribution in [2.24, 2.45) is 0 Å². The van der Waals surface area contributed by atoms with Crippen LogP contribution in [0.2, 0.25) is 0 Å². The van der Waals surface area contributed by atoms with Crippen molar-refractivity contribution in [1.82, 2.24) is 5.59 Å². The van der Waals surface area contributed by atoms with Crippen molar-refractivity contribution in [2.45, 2.75) is 17.2 Å². The third-order valence-corrected chi connectivity index (χ3v) is 4.81. The number of thioether (sulfide) groups is 1. The third-order valence-electron chi connectivity index (χ3n) is 3.80. The number of anilines is 1. The summed E-state index contributed by atoms with van der Waals surface area (Å²) in [5.74, 6) is -1.49. The van der Waals surface area contributed by atoms with Gasteiger partial charge in [0.25, 0.3) is 0 Å². The molecule has 0 saturated carbocycles. The predicted molar refractivity (Wildman–Crippen MR) is 93.8 cm³/mol. The number of hydrogen-bond acceptors (Lipinski definition) is 5. The normalized spacial score (nSPS) is 14.6. The van der Waals surface area contributed by atoms with Gasteiger partial charge in [-0.05, 0) is 48.5 Å². The van der Waals surface area contributed by atoms with E-state index in [4.69, 9.17) is 0 Å². The fraction of sp³-hybridized carbons (Fsp3) is 0.167. The van der Waals surface area contributed by atoms with E-state index in [0.29, 0.717) is 16.1 Å². The van der Waals surface area contributed by atoms with E-state index in [1.807, 2.05) is 0 Å². The maximum atomic E-state index is 12.6. The lowest BCUT2D eigenvalue weighted by Gasteiger charge is -2.13. The zero-order valence-electron chi connectivity index (χ0n) is 14.3. The summed E-state index contributed by atoms with van der Waals surface area (Å²) in [5.41, 5.74) is 1.95. The number of hydrazine groups is 1. The van der Waals surface area contributed by atoms with Crippen LogP contribution >= 0.6 is 11.8 Å². The minimum Gasteiger partial charge on any atom is -0.382 e. The molecule has 2 aromatic carbocycles. The van der Waals surface area contributed by atoms with E-state index in [0.717, 1.165) is 35.1 Å². The summed E-state index contributed by atoms with van der Waals surface area (Å²) < 4.78 is 75.3. The number of benzene rings is 2. The molecule has 2 aromatic rings. The number of ketones is 1. The summed E-state index contributed by atoms with van der Waals surface area (Å²) in [7, 11) is 0. The molecule has 0 aliphatic carbocycles. The smallest absolute Gasteiger partial charge is 0.382 e. The Morgan fingerprint density at radius 2 is 1.55 bits per heavy atom. The molecule has 0 radical (unpaired) electrons. The number of Topliss-reactive ketones (excluding diaryl/α,β-unsaturated/α-hetero) is 1. The van der Waals surface area contributed by atoms with E-state index in [-0.39, 0.29) is 11.5 Å². The van der Waals surface area contributed by atoms with Crippen LogP contribution in [-0.2, 0) is 11.0 Å². The van der Waals surface area contributed by atoms with Gasteiger partial charge in [-0.3, -0.25) is 4.79 Å². The van der Waals surface area contributed by atoms with Crippen LogP contribution in [0.1, 0.15) is 15.9 Å². The van der Waals surface area contributed by atoms with Crippen molar-refractivity contribution in [3.05, 3.63) is 71.6 Å². The number of allylic oxidation sites excluding steroid dienone is 1. The lowest BCUT2D eigenvalue weighted by atomic mass is 10.1. The highest BCUT2D eigenvalue weighted by atomic mass is 32.2. The molecule has 0 bridgehead atoms. The van der Waals surface area contributed by atoms with Crippen LogP contribution in [-0.4, -0.2) is 17.7 Å². The van der Waals surface area contributed by atoms with Gasteiger partial charge in [0.05, 0.1) is 23.2 Å². The zero-order chi connectivity index (χ0) is 21.2. The molecule has 0 unspecified atom stereocenters. The number of hydrogen-bond donors (Lipinski definition) is 1. The Morgan fingerprint density at radius 1 is 0.931 bits per heavy atom. The average molecular weight is 434 g/mol. The Labute approximate surface area is 165 Å². The van der Waals surface area contributed by atoms with E-state index in [9.17, 15) is 31.1 Å². The molecule has 1 aliphatic heterocycles. The van der Waals surface area contributed by atoms with E-state index in [1.54, 1.807) is 0 Å². The Balaban J connectivity index is 1.59. The van der Waals surface area contributed by atoms with Gasteiger partial charge in [-0.2, -0.15) is 26.3 Å². The van der Waals surface area contributed by atoms with Gasteiger partial charge in [0.15, 0.2) is 5.78 Å². The first kappa shape index (κ1) is 21.1. The van der Waals surface area contributed by atoms with Crippen LogP contribution in [0.3, 0.4) is 0 Å². The molecule has 154 valence electrons. The van der Waals surface area contributed by atoms with Gasteiger partial charge in [0, 0.05) is 10.5 Å². The van der Waals surface area contributed by atoms with Crippen molar-refractivity contribution in [2.75, 3.05) is 10.8 Å². The number of carbonyl (C=O) groups excluding carboxylic acids is 1. The maximum absolute atomic E-state index is 12.6. The van der Waals surface area contributed by atoms with Gasteiger partial charge in [-0.25, -0.2) is 5.01 Å². The lowest BCUT2D eigenvalue weighted by Crippen LogP contribution is -2.27. The number of alkyl halides is 6. The van der Waals surface area contributed by atoms with Crippen molar-refractivity contribution in [1.29, 1.82) is 0 Å². The summed E-state index contributed by atoms with van der Waals surface area (Å²) in [6.45, 7) is 0. The summed E-state index contributed by atoms with van der Waals surface area (Å²) in [6.07, 6.45) is -8.32. The van der Waals surface area contributed by atoms with Crippen LogP contribution in [0.5, 0.6) is 0 Å². The number of rotatable bonds is 5. The fourth-order valence-corrected chi connectivity index (χ4v) is 3.10. The maximum Gasteiger partial charge on any atom is 0.453 e. The van der Waals surface area contributed by atoms with Gasteiger partial charge in [-0.15, -0.1) is 11.8 Å². The molecule has 0 amide bonds. The Kier molecular flexibility index (Phi) is 5.80. The number of nitrogens with one attached hydrogen (secondary N) is 1. The standard InChI is InChI=1S/C18H12F6N2O2S/c19-17(20,21)12-3-7-14(8-4-12)29-10-15(27)11-1-5-13(6-2-11)26-9-16(28-25-26)18(22,23)24/h1-9,25H,10H2. The fourth-order valence-electron chi connectivity index (χ4n) is 2.31. The van der Waals surface area contributed by atoms with Gasteiger partial charge in [-0.1, -0.05) is 5.59 Å². The second-order valence-electron chi connectivity index (χ2n) is 5.84. The summed E-state index contributed by atoms with van der Waals surface area (Å²) in [4.78, 5) is 17.1. The number of nitrogens with zero attached hydrogens (tertiary/aromatic N) is 1. The molecule has 3 rings (SSSR count). The minimum absolute atomic E-state index is 0.00604. The second-order valence-corrected chi connectivity index (χ2v) is 6.88. The molecule has 1 N–H and O–H groups in total. The van der Waals surface area contributed by atoms with Gasteiger partial charge in [0.1, 0.15) is 0 Å². The Bertz CT molecular complexity index is 908. The van der Waals surface area contributed by atoms with Crippen molar-refractivity contribution < 1.29 is 36.0 Å². The first-order valence-electron chi connectivity index (χ1n) is 7.98. The highest BCUT2D eigenvalue weighted by Gasteiger charge is 2.40. The topological polar surface area (TPSA) is 41.6 Å². The molecule has 0 spiro atoms. The molecule has 4 nitrogen and oxygen atoms in total. The molecule has 0 aromatic heterocycles. The van der Waals surface area contributed by atoms with Crippen LogP contribution in [0.25, 0.3) is 0 Å². The van der Waals surface area contributed by atoms with Crippen LogP contribution < -0.4 is 10.6 Å². The van der Waals surface area contributed by atoms with Gasteiger partial charge >= 0.3 is 12.4 Å². The third kappa shape index (κ3) is 5.24. The van der Waals surface area contributed by atoms with E-state index in [2.05, 4.69) is 10.4 Å². The molecule has 1 aliphatic rings. The summed E-state index contributed by atoms with van der Waals surface area (Å²) >= 11 is 1.08. The second kappa shape index (κ2) is 7.99. The molecular weight excluding hydrogens is 422 g/mol. The molecule has 0 atom stereocenters. The van der Waals surface area contributed by atoms with Gasteiger partial charge < -0.3 is 4.84 Å². The average Bonchev–Trinajstić information content (AvgIpc) is 3.16. The van der Waals surface area contributed by atoms with Crippen LogP contribution in [0.15, 0.2) is 65.4 Å². The molecular formula is C18H12F6N2O2S. The molecule has 0 fully saturated rings. The van der Waals surface area contributed by atoms with E-state index in [1.165, 1.54) is 36.4 Å². The Hall–Kier alpha value is -2.66. The van der Waals surface area contributed by atoms with E-state index < -0.39 is 23.7 Å². The van der Waals surface area contributed by atoms with Crippen molar-refractivity contribution >= 4 is 23.2 Å². The van der Waals surface area contributed by atoms with Crippen molar-refractivity contribution in [3.8, 4) is 0 Å². The minimum atomic E-state index is -4.63. The van der Waals surface area contributed by atoms with E-state index >= 15 is 0 Å². The number of carbonyl (C=O) groups is 1. The summed E-state index contributed by atoms with van der Waals surface area (Å²) in [5, 5.41) is 1.01. The molecule has 0 saturated heterocycles. The number of halogens is 6. The lowest BCUT2D eigenvalue weighted by molar-refractivity contribution is -0.137. The van der Waals surface area contributed by atoms with Crippen molar-refractivity contribution in [3.63, 3.8) is 0 Å². The first-order valence-corrected chi connectivity index (χ1v) is 8.97. The SMILES string of the molecule is O=C(CSc1ccc(C(F)(F)F)cc1)c1ccc(N2C=C(C(F)(F)F)ON2)cc1. The quantitative estimate of drug-likeness (QED) is 0.391. The first-order chi connectivity index (χ1) is 13.5. The highest BCUT2D eigenvalue weighted by Crippen LogP contribution is 2.32. The monoisotopic (exact) mass is 434 g/mol. The molecule has 29 heavy (non-hydrogen) atoms. The Morgan fingerprint density at radius 3 is 2.07 bits per heavy atom. The largest absolute Gasteiger partial charge is 0.453 e. The molecule has 11 heteroatoms. The predicted octanol–water partition coefficient (Wildman–Crippen LogP) is 5.34. The highest BCUT2D eigenvalue weighted by molar-refractivity contribution is 8.00. The van der Waals surface area contributed by atoms with Crippen LogP contribution in [0, 0.1) is 0 Å².